The first kappa shape index (κ1) is 11.3. The van der Waals surface area contributed by atoms with Gasteiger partial charge in [0, 0.05) is 12.8 Å². The Morgan fingerprint density at radius 1 is 1.47 bits per heavy atom. The summed E-state index contributed by atoms with van der Waals surface area (Å²) in [6.45, 7) is 0. The van der Waals surface area contributed by atoms with Crippen molar-refractivity contribution in [2.75, 3.05) is 7.11 Å². The number of benzene rings is 1. The number of ether oxygens (including phenoxy) is 1. The Morgan fingerprint density at radius 3 is 2.71 bits per heavy atom. The first-order valence-corrected chi connectivity index (χ1v) is 5.23. The van der Waals surface area contributed by atoms with E-state index in [1.165, 1.54) is 7.11 Å². The van der Waals surface area contributed by atoms with Gasteiger partial charge in [-0.25, -0.2) is 4.79 Å². The van der Waals surface area contributed by atoms with Crippen LogP contribution in [0.25, 0.3) is 0 Å². The van der Waals surface area contributed by atoms with Gasteiger partial charge in [0.2, 0.25) is 0 Å². The predicted octanol–water partition coefficient (Wildman–Crippen LogP) is 1.60. The van der Waals surface area contributed by atoms with Gasteiger partial charge in [-0.2, -0.15) is 5.26 Å². The normalized spacial score (nSPS) is 16.8. The molecule has 0 aliphatic heterocycles. The van der Waals surface area contributed by atoms with Crippen molar-refractivity contribution in [1.82, 2.24) is 0 Å². The lowest BCUT2D eigenvalue weighted by Gasteiger charge is -2.34. The summed E-state index contributed by atoms with van der Waals surface area (Å²) in [7, 11) is 1.31. The van der Waals surface area contributed by atoms with Gasteiger partial charge in [-0.05, 0) is 17.7 Å². The molecule has 1 aromatic rings. The molecular weight excluding hydrogens is 218 g/mol. The van der Waals surface area contributed by atoms with Gasteiger partial charge in [-0.3, -0.25) is 4.79 Å². The molecule has 0 radical (unpaired) electrons. The molecule has 86 valence electrons. The van der Waals surface area contributed by atoms with Crippen LogP contribution in [0.1, 0.15) is 28.8 Å². The van der Waals surface area contributed by atoms with E-state index >= 15 is 0 Å². The average Bonchev–Trinajstić information content (AvgIpc) is 2.34. The van der Waals surface area contributed by atoms with E-state index < -0.39 is 11.4 Å². The van der Waals surface area contributed by atoms with Crippen LogP contribution in [0.2, 0.25) is 0 Å². The number of ketones is 1. The fourth-order valence-corrected chi connectivity index (χ4v) is 2.03. The fourth-order valence-electron chi connectivity index (χ4n) is 2.03. The molecule has 0 heterocycles. The topological polar surface area (TPSA) is 67.2 Å². The van der Waals surface area contributed by atoms with E-state index in [-0.39, 0.29) is 18.6 Å². The lowest BCUT2D eigenvalue weighted by atomic mass is 9.64. The van der Waals surface area contributed by atoms with Crippen molar-refractivity contribution >= 4 is 11.8 Å². The highest BCUT2D eigenvalue weighted by Crippen LogP contribution is 2.40. The maximum Gasteiger partial charge on any atom is 0.337 e. The molecule has 0 amide bonds. The third-order valence-electron chi connectivity index (χ3n) is 3.05. The number of methoxy groups -OCH3 is 1. The molecule has 1 aromatic carbocycles. The fraction of sp³-hybridized carbons (Fsp3) is 0.308. The van der Waals surface area contributed by atoms with E-state index in [1.807, 2.05) is 0 Å². The van der Waals surface area contributed by atoms with Crippen molar-refractivity contribution in [2.45, 2.75) is 18.3 Å². The van der Waals surface area contributed by atoms with Crippen LogP contribution >= 0.6 is 0 Å². The molecule has 1 fully saturated rings. The second-order valence-electron chi connectivity index (χ2n) is 4.16. The molecule has 0 atom stereocenters. The Kier molecular flexibility index (Phi) is 2.68. The Bertz CT molecular complexity index is 520. The Hall–Kier alpha value is -2.15. The minimum atomic E-state index is -0.749. The van der Waals surface area contributed by atoms with Crippen molar-refractivity contribution in [3.8, 4) is 6.07 Å². The molecule has 0 spiro atoms. The molecule has 0 bridgehead atoms. The summed E-state index contributed by atoms with van der Waals surface area (Å²) in [6, 6.07) is 8.89. The summed E-state index contributed by atoms with van der Waals surface area (Å²) < 4.78 is 4.62. The van der Waals surface area contributed by atoms with Gasteiger partial charge < -0.3 is 4.74 Å². The maximum atomic E-state index is 11.4. The van der Waals surface area contributed by atoms with Crippen LogP contribution in [0.4, 0.5) is 0 Å². The third kappa shape index (κ3) is 1.80. The van der Waals surface area contributed by atoms with E-state index in [0.717, 1.165) is 0 Å². The molecule has 0 saturated heterocycles. The van der Waals surface area contributed by atoms with Crippen LogP contribution in [0.3, 0.4) is 0 Å². The lowest BCUT2D eigenvalue weighted by molar-refractivity contribution is -0.126. The van der Waals surface area contributed by atoms with Gasteiger partial charge in [0.25, 0.3) is 0 Å². The molecule has 1 aliphatic carbocycles. The molecule has 0 aromatic heterocycles. The van der Waals surface area contributed by atoms with E-state index in [2.05, 4.69) is 10.8 Å². The van der Waals surface area contributed by atoms with Crippen LogP contribution < -0.4 is 0 Å². The van der Waals surface area contributed by atoms with Crippen LogP contribution in [-0.2, 0) is 14.9 Å². The number of hydrogen-bond donors (Lipinski definition) is 0. The van der Waals surface area contributed by atoms with Crippen LogP contribution in [0.5, 0.6) is 0 Å². The van der Waals surface area contributed by atoms with Gasteiger partial charge in [-0.15, -0.1) is 0 Å². The molecule has 0 N–H and O–H groups in total. The van der Waals surface area contributed by atoms with Gasteiger partial charge >= 0.3 is 5.97 Å². The molecule has 1 saturated carbocycles. The van der Waals surface area contributed by atoms with E-state index in [0.29, 0.717) is 11.1 Å². The van der Waals surface area contributed by atoms with E-state index in [1.54, 1.807) is 24.3 Å². The second kappa shape index (κ2) is 4.02. The number of nitrogens with zero attached hydrogens (tertiary/aromatic N) is 1. The zero-order valence-corrected chi connectivity index (χ0v) is 9.40. The van der Waals surface area contributed by atoms with Gasteiger partial charge in [-0.1, -0.05) is 12.1 Å². The summed E-state index contributed by atoms with van der Waals surface area (Å²) >= 11 is 0. The SMILES string of the molecule is COC(=O)c1cccc(C2(C#N)CC(=O)C2)c1. The molecule has 2 rings (SSSR count). The number of carbonyl (C=O) groups is 2. The highest BCUT2D eigenvalue weighted by molar-refractivity contribution is 5.92. The standard InChI is InChI=1S/C13H11NO3/c1-17-12(16)9-3-2-4-10(5-9)13(8-14)6-11(15)7-13/h2-5H,6-7H2,1H3. The minimum Gasteiger partial charge on any atom is -0.465 e. The minimum absolute atomic E-state index is 0.0787. The van der Waals surface area contributed by atoms with Crippen molar-refractivity contribution in [3.63, 3.8) is 0 Å². The number of Topliss-reactive ketones (excluding diaryl/α,β-unsaturated/α-hetero) is 1. The van der Waals surface area contributed by atoms with Gasteiger partial charge in [0.1, 0.15) is 5.78 Å². The Balaban J connectivity index is 2.37. The summed E-state index contributed by atoms with van der Waals surface area (Å²) in [4.78, 5) is 22.5. The van der Waals surface area contributed by atoms with Crippen molar-refractivity contribution in [2.24, 2.45) is 0 Å². The van der Waals surface area contributed by atoms with Crippen molar-refractivity contribution < 1.29 is 14.3 Å². The van der Waals surface area contributed by atoms with Crippen molar-refractivity contribution in [3.05, 3.63) is 35.4 Å². The third-order valence-corrected chi connectivity index (χ3v) is 3.05. The maximum absolute atomic E-state index is 11.4. The molecule has 17 heavy (non-hydrogen) atoms. The number of rotatable bonds is 2. The van der Waals surface area contributed by atoms with Crippen molar-refractivity contribution in [1.29, 1.82) is 5.26 Å². The number of nitriles is 1. The zero-order valence-electron chi connectivity index (χ0n) is 9.40. The number of esters is 1. The predicted molar refractivity (Wildman–Crippen MR) is 59.3 cm³/mol. The Labute approximate surface area is 98.8 Å². The molecule has 4 nitrogen and oxygen atoms in total. The molecule has 0 unspecified atom stereocenters. The Morgan fingerprint density at radius 2 is 2.18 bits per heavy atom. The number of carbonyl (C=O) groups excluding carboxylic acids is 2. The average molecular weight is 229 g/mol. The molecular formula is C13H11NO3. The number of hydrogen-bond acceptors (Lipinski definition) is 4. The summed E-state index contributed by atoms with van der Waals surface area (Å²) in [5.41, 5.74) is 0.364. The summed E-state index contributed by atoms with van der Waals surface area (Å²) in [6.07, 6.45) is 0.461. The smallest absolute Gasteiger partial charge is 0.337 e. The highest BCUT2D eigenvalue weighted by Gasteiger charge is 2.45. The quantitative estimate of drug-likeness (QED) is 0.722. The lowest BCUT2D eigenvalue weighted by Crippen LogP contribution is -2.40. The molecule has 1 aliphatic rings. The zero-order chi connectivity index (χ0) is 12.5. The monoisotopic (exact) mass is 229 g/mol. The van der Waals surface area contributed by atoms with E-state index in [4.69, 9.17) is 0 Å². The second-order valence-corrected chi connectivity index (χ2v) is 4.16. The summed E-state index contributed by atoms with van der Waals surface area (Å²) in [5, 5.41) is 9.18. The first-order valence-electron chi connectivity index (χ1n) is 5.23. The van der Waals surface area contributed by atoms with Gasteiger partial charge in [0.15, 0.2) is 0 Å². The van der Waals surface area contributed by atoms with Crippen LogP contribution in [-0.4, -0.2) is 18.9 Å². The first-order chi connectivity index (χ1) is 8.11. The van der Waals surface area contributed by atoms with Gasteiger partial charge in [0.05, 0.1) is 24.2 Å². The summed E-state index contributed by atoms with van der Waals surface area (Å²) in [5.74, 6) is -0.361. The largest absolute Gasteiger partial charge is 0.465 e. The molecule has 4 heteroatoms. The van der Waals surface area contributed by atoms with Crippen LogP contribution in [0.15, 0.2) is 24.3 Å². The highest BCUT2D eigenvalue weighted by atomic mass is 16.5. The van der Waals surface area contributed by atoms with E-state index in [9.17, 15) is 14.9 Å². The van der Waals surface area contributed by atoms with Crippen LogP contribution in [0, 0.1) is 11.3 Å².